The molecular weight excluding hydrogens is 180 g/mol. The van der Waals surface area contributed by atoms with Crippen LogP contribution in [0.4, 0.5) is 0 Å². The van der Waals surface area contributed by atoms with Crippen molar-refractivity contribution in [1.82, 2.24) is 0 Å². The average Bonchev–Trinajstić information content (AvgIpc) is 2.60. The van der Waals surface area contributed by atoms with E-state index < -0.39 is 11.4 Å². The zero-order valence-electron chi connectivity index (χ0n) is 8.19. The van der Waals surface area contributed by atoms with E-state index in [1.54, 1.807) is 31.2 Å². The fourth-order valence-corrected chi connectivity index (χ4v) is 1.52. The molecule has 3 nitrogen and oxygen atoms in total. The van der Waals surface area contributed by atoms with Crippen molar-refractivity contribution >= 4 is 0 Å². The molecule has 1 spiro atoms. The van der Waals surface area contributed by atoms with Crippen molar-refractivity contribution < 1.29 is 14.6 Å². The van der Waals surface area contributed by atoms with Gasteiger partial charge in [0.1, 0.15) is 5.60 Å². The van der Waals surface area contributed by atoms with E-state index in [4.69, 9.17) is 9.47 Å². The van der Waals surface area contributed by atoms with E-state index in [1.807, 2.05) is 0 Å². The van der Waals surface area contributed by atoms with E-state index in [9.17, 15) is 5.11 Å². The van der Waals surface area contributed by atoms with E-state index in [2.05, 4.69) is 6.58 Å². The van der Waals surface area contributed by atoms with Gasteiger partial charge in [0.25, 0.3) is 0 Å². The summed E-state index contributed by atoms with van der Waals surface area (Å²) in [5.74, 6) is -0.748. The van der Waals surface area contributed by atoms with Crippen LogP contribution in [0.2, 0.25) is 0 Å². The van der Waals surface area contributed by atoms with E-state index in [-0.39, 0.29) is 0 Å². The van der Waals surface area contributed by atoms with Gasteiger partial charge in [0.2, 0.25) is 5.79 Å². The Hall–Kier alpha value is -0.900. The Kier molecular flexibility index (Phi) is 2.10. The summed E-state index contributed by atoms with van der Waals surface area (Å²) >= 11 is 0. The van der Waals surface area contributed by atoms with Crippen molar-refractivity contribution in [1.29, 1.82) is 0 Å². The highest BCUT2D eigenvalue weighted by atomic mass is 16.7. The zero-order valence-corrected chi connectivity index (χ0v) is 8.19. The molecule has 0 unspecified atom stereocenters. The van der Waals surface area contributed by atoms with Crippen molar-refractivity contribution in [2.45, 2.75) is 18.3 Å². The van der Waals surface area contributed by atoms with Gasteiger partial charge in [0, 0.05) is 0 Å². The lowest BCUT2D eigenvalue weighted by molar-refractivity contribution is -0.0780. The molecule has 1 fully saturated rings. The minimum Gasteiger partial charge on any atom is -0.378 e. The molecule has 1 saturated heterocycles. The molecule has 14 heavy (non-hydrogen) atoms. The van der Waals surface area contributed by atoms with Crippen LogP contribution in [0.3, 0.4) is 0 Å². The number of hydrogen-bond acceptors (Lipinski definition) is 3. The Morgan fingerprint density at radius 1 is 1.21 bits per heavy atom. The van der Waals surface area contributed by atoms with E-state index >= 15 is 0 Å². The lowest BCUT2D eigenvalue weighted by Crippen LogP contribution is -2.34. The van der Waals surface area contributed by atoms with Gasteiger partial charge in [-0.3, -0.25) is 0 Å². The smallest absolute Gasteiger partial charge is 0.208 e. The number of rotatable bonds is 1. The lowest BCUT2D eigenvalue weighted by Gasteiger charge is -2.30. The van der Waals surface area contributed by atoms with Gasteiger partial charge in [-0.25, -0.2) is 0 Å². The van der Waals surface area contributed by atoms with Crippen LogP contribution in [0.1, 0.15) is 6.92 Å². The number of ether oxygens (including phenoxy) is 2. The van der Waals surface area contributed by atoms with Crippen LogP contribution in [0.25, 0.3) is 0 Å². The first kappa shape index (κ1) is 9.65. The summed E-state index contributed by atoms with van der Waals surface area (Å²) in [6.45, 7) is 6.68. The maximum atomic E-state index is 10.0. The van der Waals surface area contributed by atoms with Crippen LogP contribution < -0.4 is 0 Å². The highest BCUT2D eigenvalue weighted by Crippen LogP contribution is 2.31. The van der Waals surface area contributed by atoms with Crippen molar-refractivity contribution in [3.05, 3.63) is 36.5 Å². The molecule has 76 valence electrons. The molecule has 0 bridgehead atoms. The minimum atomic E-state index is -1.05. The summed E-state index contributed by atoms with van der Waals surface area (Å²) in [5, 5.41) is 10.0. The first-order valence-corrected chi connectivity index (χ1v) is 4.63. The summed E-state index contributed by atoms with van der Waals surface area (Å²) in [5.41, 5.74) is -0.376. The lowest BCUT2D eigenvalue weighted by atomic mass is 9.90. The third-order valence-electron chi connectivity index (χ3n) is 2.56. The highest BCUT2D eigenvalue weighted by Gasteiger charge is 2.37. The molecule has 1 heterocycles. The summed E-state index contributed by atoms with van der Waals surface area (Å²) < 4.78 is 10.8. The van der Waals surface area contributed by atoms with Crippen molar-refractivity contribution in [3.8, 4) is 0 Å². The van der Waals surface area contributed by atoms with E-state index in [1.165, 1.54) is 0 Å². The van der Waals surface area contributed by atoms with Crippen LogP contribution in [-0.2, 0) is 9.47 Å². The van der Waals surface area contributed by atoms with E-state index in [0.29, 0.717) is 18.8 Å². The maximum Gasteiger partial charge on any atom is 0.208 e. The quantitative estimate of drug-likeness (QED) is 0.637. The Labute approximate surface area is 83.3 Å². The van der Waals surface area contributed by atoms with Gasteiger partial charge in [-0.1, -0.05) is 6.58 Å². The molecule has 2 rings (SSSR count). The molecule has 0 aromatic carbocycles. The standard InChI is InChI=1S/C11H14O3/c1-9(2)10(12)3-5-11(6-4-10)13-7-8-14-11/h3-6,12H,1,7-8H2,2H3. The Morgan fingerprint density at radius 3 is 2.14 bits per heavy atom. The first-order valence-electron chi connectivity index (χ1n) is 4.63. The van der Waals surface area contributed by atoms with Gasteiger partial charge < -0.3 is 14.6 Å². The monoisotopic (exact) mass is 194 g/mol. The molecule has 0 atom stereocenters. The molecule has 0 aromatic heterocycles. The zero-order chi connectivity index (χ0) is 10.2. The molecule has 1 aliphatic carbocycles. The molecular formula is C11H14O3. The Morgan fingerprint density at radius 2 is 1.71 bits per heavy atom. The molecule has 1 aliphatic heterocycles. The average molecular weight is 194 g/mol. The second kappa shape index (κ2) is 3.05. The fourth-order valence-electron chi connectivity index (χ4n) is 1.52. The summed E-state index contributed by atoms with van der Waals surface area (Å²) in [6.07, 6.45) is 6.77. The van der Waals surface area contributed by atoms with Gasteiger partial charge in [0.15, 0.2) is 0 Å². The number of aliphatic hydroxyl groups is 1. The van der Waals surface area contributed by atoms with Gasteiger partial charge in [0.05, 0.1) is 13.2 Å². The molecule has 0 saturated carbocycles. The maximum absolute atomic E-state index is 10.0. The number of hydrogen-bond donors (Lipinski definition) is 1. The van der Waals surface area contributed by atoms with Crippen LogP contribution in [0, 0.1) is 0 Å². The Balaban J connectivity index is 2.22. The summed E-state index contributed by atoms with van der Waals surface area (Å²) in [4.78, 5) is 0. The van der Waals surface area contributed by atoms with Crippen molar-refractivity contribution in [2.24, 2.45) is 0 Å². The second-order valence-corrected chi connectivity index (χ2v) is 3.69. The van der Waals surface area contributed by atoms with E-state index in [0.717, 1.165) is 0 Å². The third kappa shape index (κ3) is 1.43. The Bertz CT molecular complexity index is 292. The predicted octanol–water partition coefficient (Wildman–Crippen LogP) is 1.16. The molecule has 0 amide bonds. The predicted molar refractivity (Wildman–Crippen MR) is 52.7 cm³/mol. The molecule has 2 aliphatic rings. The normalized spacial score (nSPS) is 27.0. The summed E-state index contributed by atoms with van der Waals surface area (Å²) in [6, 6.07) is 0. The van der Waals surface area contributed by atoms with Gasteiger partial charge >= 0.3 is 0 Å². The third-order valence-corrected chi connectivity index (χ3v) is 2.56. The summed E-state index contributed by atoms with van der Waals surface area (Å²) in [7, 11) is 0. The van der Waals surface area contributed by atoms with Crippen LogP contribution in [-0.4, -0.2) is 29.7 Å². The minimum absolute atomic E-state index is 0.584. The molecule has 3 heteroatoms. The largest absolute Gasteiger partial charge is 0.378 e. The molecule has 1 N–H and O–H groups in total. The van der Waals surface area contributed by atoms with Crippen LogP contribution in [0.15, 0.2) is 36.5 Å². The first-order chi connectivity index (χ1) is 6.56. The molecule has 0 radical (unpaired) electrons. The highest BCUT2D eigenvalue weighted by molar-refractivity contribution is 5.36. The van der Waals surface area contributed by atoms with Crippen molar-refractivity contribution in [2.75, 3.05) is 13.2 Å². The second-order valence-electron chi connectivity index (χ2n) is 3.69. The van der Waals surface area contributed by atoms with Gasteiger partial charge in [-0.2, -0.15) is 0 Å². The molecule has 0 aromatic rings. The van der Waals surface area contributed by atoms with Gasteiger partial charge in [-0.15, -0.1) is 0 Å². The van der Waals surface area contributed by atoms with Gasteiger partial charge in [-0.05, 0) is 36.8 Å². The topological polar surface area (TPSA) is 38.7 Å². The van der Waals surface area contributed by atoms with Crippen molar-refractivity contribution in [3.63, 3.8) is 0 Å². The SMILES string of the molecule is C=C(C)C1(O)C=CC2(C=C1)OCCO2. The van der Waals surface area contributed by atoms with Crippen LogP contribution >= 0.6 is 0 Å². The fraction of sp³-hybridized carbons (Fsp3) is 0.455. The van der Waals surface area contributed by atoms with Crippen LogP contribution in [0.5, 0.6) is 0 Å².